The molecule has 1 heterocycles. The third-order valence-corrected chi connectivity index (χ3v) is 5.93. The van der Waals surface area contributed by atoms with Crippen molar-refractivity contribution in [3.05, 3.63) is 28.8 Å². The van der Waals surface area contributed by atoms with Gasteiger partial charge in [-0.3, -0.25) is 4.79 Å². The van der Waals surface area contributed by atoms with Crippen LogP contribution in [0.3, 0.4) is 0 Å². The van der Waals surface area contributed by atoms with Crippen molar-refractivity contribution in [2.75, 3.05) is 29.9 Å². The topological polar surface area (TPSA) is 66.5 Å². The average molecular weight is 345 g/mol. The van der Waals surface area contributed by atoms with E-state index in [4.69, 9.17) is 11.6 Å². The van der Waals surface area contributed by atoms with Gasteiger partial charge in [0.1, 0.15) is 0 Å². The molecule has 1 atom stereocenters. The molecule has 0 spiro atoms. The molecule has 2 rings (SSSR count). The number of carbonyl (C=O) groups excluding carboxylic acids is 1. The van der Waals surface area contributed by atoms with E-state index < -0.39 is 9.84 Å². The molecule has 1 amide bonds. The van der Waals surface area contributed by atoms with Crippen molar-refractivity contribution < 1.29 is 13.2 Å². The van der Waals surface area contributed by atoms with Crippen molar-refractivity contribution in [1.29, 1.82) is 0 Å². The number of carbonyl (C=O) groups is 1. The number of sulfone groups is 1. The van der Waals surface area contributed by atoms with Gasteiger partial charge in [0.15, 0.2) is 9.84 Å². The normalized spacial score (nSPS) is 19.9. The molecule has 0 aliphatic carbocycles. The highest BCUT2D eigenvalue weighted by atomic mass is 35.5. The fourth-order valence-electron chi connectivity index (χ4n) is 2.72. The summed E-state index contributed by atoms with van der Waals surface area (Å²) < 4.78 is 23.2. The first-order chi connectivity index (χ1) is 10.3. The van der Waals surface area contributed by atoms with E-state index in [-0.39, 0.29) is 30.0 Å². The summed E-state index contributed by atoms with van der Waals surface area (Å²) >= 11 is 5.95. The van der Waals surface area contributed by atoms with E-state index in [1.807, 2.05) is 19.9 Å². The van der Waals surface area contributed by atoms with Crippen LogP contribution in [-0.2, 0) is 14.6 Å². The largest absolute Gasteiger partial charge is 0.376 e. The van der Waals surface area contributed by atoms with E-state index in [0.717, 1.165) is 11.3 Å². The van der Waals surface area contributed by atoms with Gasteiger partial charge in [-0.2, -0.15) is 0 Å². The Kier molecular flexibility index (Phi) is 5.34. The van der Waals surface area contributed by atoms with E-state index in [0.29, 0.717) is 18.0 Å². The van der Waals surface area contributed by atoms with Gasteiger partial charge in [0.05, 0.1) is 18.1 Å². The minimum Gasteiger partial charge on any atom is -0.376 e. The van der Waals surface area contributed by atoms with Crippen LogP contribution in [0, 0.1) is 6.92 Å². The first-order valence-corrected chi connectivity index (χ1v) is 9.52. The molecule has 5 nitrogen and oxygen atoms in total. The number of nitrogens with zero attached hydrogens (tertiary/aromatic N) is 1. The number of benzene rings is 1. The maximum atomic E-state index is 12.4. The Morgan fingerprint density at radius 2 is 2.18 bits per heavy atom. The van der Waals surface area contributed by atoms with Crippen LogP contribution in [-0.4, -0.2) is 49.9 Å². The second-order valence-electron chi connectivity index (χ2n) is 5.55. The number of amides is 1. The highest BCUT2D eigenvalue weighted by Gasteiger charge is 2.33. The molecule has 0 bridgehead atoms. The monoisotopic (exact) mass is 344 g/mol. The molecule has 1 N–H and O–H groups in total. The number of anilines is 1. The molecule has 1 aromatic carbocycles. The zero-order chi connectivity index (χ0) is 16.3. The van der Waals surface area contributed by atoms with Gasteiger partial charge in [-0.15, -0.1) is 0 Å². The predicted molar refractivity (Wildman–Crippen MR) is 89.1 cm³/mol. The molecule has 1 aliphatic rings. The molecule has 1 aliphatic heterocycles. The van der Waals surface area contributed by atoms with Crippen molar-refractivity contribution >= 4 is 33.0 Å². The second kappa shape index (κ2) is 6.87. The molecule has 22 heavy (non-hydrogen) atoms. The molecule has 1 fully saturated rings. The summed E-state index contributed by atoms with van der Waals surface area (Å²) in [5.41, 5.74) is 1.82. The van der Waals surface area contributed by atoms with E-state index in [9.17, 15) is 13.2 Å². The number of hydrogen-bond acceptors (Lipinski definition) is 4. The van der Waals surface area contributed by atoms with Gasteiger partial charge < -0.3 is 10.2 Å². The molecular weight excluding hydrogens is 324 g/mol. The summed E-state index contributed by atoms with van der Waals surface area (Å²) in [6.45, 7) is 4.44. The fraction of sp³-hybridized carbons (Fsp3) is 0.533. The van der Waals surface area contributed by atoms with Gasteiger partial charge in [0.25, 0.3) is 0 Å². The zero-order valence-electron chi connectivity index (χ0n) is 12.8. The van der Waals surface area contributed by atoms with Crippen LogP contribution in [0.15, 0.2) is 18.2 Å². The molecule has 1 saturated heterocycles. The lowest BCUT2D eigenvalue weighted by molar-refractivity contribution is -0.130. The van der Waals surface area contributed by atoms with Crippen LogP contribution in [0.25, 0.3) is 0 Å². The smallest absolute Gasteiger partial charge is 0.242 e. The molecule has 1 unspecified atom stereocenters. The van der Waals surface area contributed by atoms with Crippen molar-refractivity contribution in [2.45, 2.75) is 26.3 Å². The molecule has 0 radical (unpaired) electrons. The number of rotatable bonds is 5. The van der Waals surface area contributed by atoms with E-state index >= 15 is 0 Å². The molecule has 7 heteroatoms. The number of likely N-dealkylation sites (N-methyl/N-ethyl adjacent to an activating group) is 1. The third kappa shape index (κ3) is 4.14. The molecule has 0 saturated carbocycles. The summed E-state index contributed by atoms with van der Waals surface area (Å²) in [4.78, 5) is 14.0. The lowest BCUT2D eigenvalue weighted by Gasteiger charge is -2.27. The SMILES string of the molecule is CCN(C(=O)CNc1cc(Cl)ccc1C)C1CCS(=O)(=O)C1. The summed E-state index contributed by atoms with van der Waals surface area (Å²) in [6, 6.07) is 5.26. The van der Waals surface area contributed by atoms with Gasteiger partial charge in [-0.05, 0) is 38.0 Å². The van der Waals surface area contributed by atoms with Crippen LogP contribution in [0.1, 0.15) is 18.9 Å². The van der Waals surface area contributed by atoms with Crippen LogP contribution in [0.4, 0.5) is 5.69 Å². The van der Waals surface area contributed by atoms with Gasteiger partial charge in [0, 0.05) is 23.3 Å². The minimum atomic E-state index is -3.00. The lowest BCUT2D eigenvalue weighted by Crippen LogP contribution is -2.43. The van der Waals surface area contributed by atoms with Gasteiger partial charge >= 0.3 is 0 Å². The Hall–Kier alpha value is -1.27. The fourth-order valence-corrected chi connectivity index (χ4v) is 4.62. The first kappa shape index (κ1) is 17.1. The summed E-state index contributed by atoms with van der Waals surface area (Å²) in [7, 11) is -3.00. The highest BCUT2D eigenvalue weighted by molar-refractivity contribution is 7.91. The van der Waals surface area contributed by atoms with Gasteiger partial charge in [0.2, 0.25) is 5.91 Å². The Balaban J connectivity index is 1.99. The van der Waals surface area contributed by atoms with Crippen LogP contribution >= 0.6 is 11.6 Å². The Labute approximate surface area is 136 Å². The standard InChI is InChI=1S/C15H21ClN2O3S/c1-3-18(13-6-7-22(20,21)10-13)15(19)9-17-14-8-12(16)5-4-11(14)2/h4-5,8,13,17H,3,6-7,9-10H2,1-2H3. The second-order valence-corrected chi connectivity index (χ2v) is 8.21. The van der Waals surface area contributed by atoms with Gasteiger partial charge in [-0.25, -0.2) is 8.42 Å². The third-order valence-electron chi connectivity index (χ3n) is 3.94. The quantitative estimate of drug-likeness (QED) is 0.888. The summed E-state index contributed by atoms with van der Waals surface area (Å²) in [5.74, 6) is 0.148. The maximum Gasteiger partial charge on any atom is 0.242 e. The Morgan fingerprint density at radius 1 is 1.45 bits per heavy atom. The van der Waals surface area contributed by atoms with Crippen molar-refractivity contribution in [1.82, 2.24) is 4.90 Å². The summed E-state index contributed by atoms with van der Waals surface area (Å²) in [5, 5.41) is 3.69. The molecular formula is C15H21ClN2O3S. The lowest BCUT2D eigenvalue weighted by atomic mass is 10.2. The number of hydrogen-bond donors (Lipinski definition) is 1. The van der Waals surface area contributed by atoms with Crippen LogP contribution in [0.2, 0.25) is 5.02 Å². The number of halogens is 1. The molecule has 0 aromatic heterocycles. The van der Waals surface area contributed by atoms with E-state index in [1.54, 1.807) is 17.0 Å². The minimum absolute atomic E-state index is 0.0722. The predicted octanol–water partition coefficient (Wildman–Crippen LogP) is 2.10. The van der Waals surface area contributed by atoms with Crippen LogP contribution < -0.4 is 5.32 Å². The highest BCUT2D eigenvalue weighted by Crippen LogP contribution is 2.21. The number of nitrogens with one attached hydrogen (secondary N) is 1. The Bertz CT molecular complexity index is 661. The first-order valence-electron chi connectivity index (χ1n) is 7.32. The van der Waals surface area contributed by atoms with Crippen molar-refractivity contribution in [3.8, 4) is 0 Å². The molecule has 122 valence electrons. The average Bonchev–Trinajstić information content (AvgIpc) is 2.80. The molecule has 1 aromatic rings. The summed E-state index contributed by atoms with van der Waals surface area (Å²) in [6.07, 6.45) is 0.526. The van der Waals surface area contributed by atoms with E-state index in [2.05, 4.69) is 5.32 Å². The van der Waals surface area contributed by atoms with Crippen LogP contribution in [0.5, 0.6) is 0 Å². The van der Waals surface area contributed by atoms with Crippen molar-refractivity contribution in [3.63, 3.8) is 0 Å². The maximum absolute atomic E-state index is 12.4. The van der Waals surface area contributed by atoms with Crippen molar-refractivity contribution in [2.24, 2.45) is 0 Å². The Morgan fingerprint density at radius 3 is 2.77 bits per heavy atom. The zero-order valence-corrected chi connectivity index (χ0v) is 14.4. The number of aryl methyl sites for hydroxylation is 1. The van der Waals surface area contributed by atoms with E-state index in [1.165, 1.54) is 0 Å². The van der Waals surface area contributed by atoms with Gasteiger partial charge in [-0.1, -0.05) is 17.7 Å².